The molecule has 0 atom stereocenters. The second-order valence-corrected chi connectivity index (χ2v) is 7.50. The molecule has 0 aliphatic carbocycles. The molecule has 1 aliphatic rings. The quantitative estimate of drug-likeness (QED) is 0.844. The average Bonchev–Trinajstić information content (AvgIpc) is 2.92. The molecule has 0 amide bonds. The van der Waals surface area contributed by atoms with Gasteiger partial charge >= 0.3 is 0 Å². The third-order valence-electron chi connectivity index (χ3n) is 3.90. The molecule has 114 valence electrons. The standard InChI is InChI=1S/C14H20N4O2S/c1-2-3-4-7-21(19,20)13-10-17-18-12-9-15-6-5-11(12)8-16-14(13)18/h8,10,15H,2-7,9H2,1H3. The van der Waals surface area contributed by atoms with Crippen LogP contribution in [0.5, 0.6) is 0 Å². The van der Waals surface area contributed by atoms with Crippen molar-refractivity contribution in [1.82, 2.24) is 19.9 Å². The molecule has 1 aliphatic heterocycles. The number of aromatic nitrogens is 3. The van der Waals surface area contributed by atoms with Crippen molar-refractivity contribution in [3.8, 4) is 0 Å². The van der Waals surface area contributed by atoms with Crippen LogP contribution in [0.2, 0.25) is 0 Å². The van der Waals surface area contributed by atoms with Crippen molar-refractivity contribution < 1.29 is 8.42 Å². The summed E-state index contributed by atoms with van der Waals surface area (Å²) in [5, 5.41) is 7.55. The lowest BCUT2D eigenvalue weighted by Crippen LogP contribution is -2.26. The summed E-state index contributed by atoms with van der Waals surface area (Å²) in [7, 11) is -3.31. The van der Waals surface area contributed by atoms with E-state index in [2.05, 4.69) is 22.3 Å². The van der Waals surface area contributed by atoms with Crippen molar-refractivity contribution in [3.63, 3.8) is 0 Å². The van der Waals surface area contributed by atoms with Crippen molar-refractivity contribution in [2.75, 3.05) is 12.3 Å². The highest BCUT2D eigenvalue weighted by molar-refractivity contribution is 7.91. The fourth-order valence-electron chi connectivity index (χ4n) is 2.69. The van der Waals surface area contributed by atoms with Gasteiger partial charge in [0.1, 0.15) is 4.90 Å². The molecule has 0 radical (unpaired) electrons. The van der Waals surface area contributed by atoms with Gasteiger partial charge in [0.25, 0.3) is 0 Å². The topological polar surface area (TPSA) is 76.4 Å². The van der Waals surface area contributed by atoms with Crippen LogP contribution in [-0.4, -0.2) is 35.3 Å². The first-order valence-electron chi connectivity index (χ1n) is 7.41. The van der Waals surface area contributed by atoms with Gasteiger partial charge in [-0.2, -0.15) is 5.10 Å². The van der Waals surface area contributed by atoms with Crippen LogP contribution in [-0.2, 0) is 22.8 Å². The molecular formula is C14H20N4O2S. The number of unbranched alkanes of at least 4 members (excludes halogenated alkanes) is 2. The SMILES string of the molecule is CCCCCS(=O)(=O)c1cnn2c3c(cnc12)CCNC3. The number of hydrogen-bond acceptors (Lipinski definition) is 5. The van der Waals surface area contributed by atoms with Gasteiger partial charge in [-0.05, 0) is 24.9 Å². The number of nitrogens with one attached hydrogen (secondary N) is 1. The number of hydrogen-bond donors (Lipinski definition) is 1. The first-order chi connectivity index (χ1) is 10.1. The van der Waals surface area contributed by atoms with Crippen LogP contribution in [0.25, 0.3) is 5.65 Å². The van der Waals surface area contributed by atoms with Gasteiger partial charge in [-0.15, -0.1) is 0 Å². The van der Waals surface area contributed by atoms with Crippen LogP contribution in [0.1, 0.15) is 37.4 Å². The molecule has 3 heterocycles. The number of fused-ring (bicyclic) bond motifs is 3. The minimum Gasteiger partial charge on any atom is -0.311 e. The molecule has 0 unspecified atom stereocenters. The second kappa shape index (κ2) is 5.73. The van der Waals surface area contributed by atoms with E-state index < -0.39 is 9.84 Å². The molecule has 6 nitrogen and oxygen atoms in total. The normalized spacial score (nSPS) is 15.3. The van der Waals surface area contributed by atoms with Gasteiger partial charge in [0, 0.05) is 12.7 Å². The minimum atomic E-state index is -3.31. The molecule has 0 fully saturated rings. The monoisotopic (exact) mass is 308 g/mol. The summed E-state index contributed by atoms with van der Waals surface area (Å²) in [6.07, 6.45) is 6.74. The summed E-state index contributed by atoms with van der Waals surface area (Å²) in [5.41, 5.74) is 2.61. The van der Waals surface area contributed by atoms with Crippen molar-refractivity contribution in [2.24, 2.45) is 0 Å². The maximum absolute atomic E-state index is 12.4. The number of sulfone groups is 1. The number of nitrogens with zero attached hydrogens (tertiary/aromatic N) is 3. The Kier molecular flexibility index (Phi) is 3.95. The van der Waals surface area contributed by atoms with Crippen LogP contribution >= 0.6 is 0 Å². The zero-order chi connectivity index (χ0) is 14.9. The van der Waals surface area contributed by atoms with Gasteiger partial charge in [-0.1, -0.05) is 19.8 Å². The van der Waals surface area contributed by atoms with Crippen molar-refractivity contribution in [3.05, 3.63) is 23.7 Å². The Labute approximate surface area is 124 Å². The molecule has 0 bridgehead atoms. The van der Waals surface area contributed by atoms with Crippen molar-refractivity contribution in [1.29, 1.82) is 0 Å². The smallest absolute Gasteiger partial charge is 0.183 e. The van der Waals surface area contributed by atoms with Gasteiger partial charge in [0.2, 0.25) is 0 Å². The maximum atomic E-state index is 12.4. The van der Waals surface area contributed by atoms with E-state index in [1.165, 1.54) is 6.20 Å². The van der Waals surface area contributed by atoms with E-state index in [1.807, 2.05) is 0 Å². The molecule has 0 saturated carbocycles. The van der Waals surface area contributed by atoms with E-state index in [0.717, 1.165) is 37.1 Å². The third kappa shape index (κ3) is 2.67. The summed E-state index contributed by atoms with van der Waals surface area (Å²) in [6, 6.07) is 0. The van der Waals surface area contributed by atoms with Crippen LogP contribution in [0.4, 0.5) is 0 Å². The molecule has 0 spiro atoms. The predicted molar refractivity (Wildman–Crippen MR) is 80.0 cm³/mol. The lowest BCUT2D eigenvalue weighted by atomic mass is 10.1. The third-order valence-corrected chi connectivity index (χ3v) is 5.68. The summed E-state index contributed by atoms with van der Waals surface area (Å²) >= 11 is 0. The van der Waals surface area contributed by atoms with Gasteiger partial charge in [0.05, 0.1) is 17.6 Å². The van der Waals surface area contributed by atoms with E-state index in [1.54, 1.807) is 10.7 Å². The highest BCUT2D eigenvalue weighted by atomic mass is 32.2. The van der Waals surface area contributed by atoms with Crippen LogP contribution in [0.15, 0.2) is 17.3 Å². The van der Waals surface area contributed by atoms with Gasteiger partial charge in [0.15, 0.2) is 15.5 Å². The summed E-state index contributed by atoms with van der Waals surface area (Å²) < 4.78 is 26.6. The zero-order valence-corrected chi connectivity index (χ0v) is 13.0. The first-order valence-corrected chi connectivity index (χ1v) is 9.06. The molecule has 2 aromatic rings. The van der Waals surface area contributed by atoms with E-state index >= 15 is 0 Å². The maximum Gasteiger partial charge on any atom is 0.183 e. The van der Waals surface area contributed by atoms with E-state index in [-0.39, 0.29) is 10.6 Å². The largest absolute Gasteiger partial charge is 0.311 e. The second-order valence-electron chi connectivity index (χ2n) is 5.43. The van der Waals surface area contributed by atoms with Gasteiger partial charge in [-0.25, -0.2) is 17.9 Å². The van der Waals surface area contributed by atoms with E-state index in [9.17, 15) is 8.42 Å². The summed E-state index contributed by atoms with van der Waals surface area (Å²) in [4.78, 5) is 4.60. The van der Waals surface area contributed by atoms with Crippen LogP contribution in [0.3, 0.4) is 0 Å². The Hall–Kier alpha value is -1.47. The molecule has 0 saturated heterocycles. The lowest BCUT2D eigenvalue weighted by molar-refractivity contribution is 0.591. The Morgan fingerprint density at radius 3 is 3.00 bits per heavy atom. The Morgan fingerprint density at radius 1 is 1.33 bits per heavy atom. The molecule has 21 heavy (non-hydrogen) atoms. The molecule has 3 rings (SSSR count). The number of rotatable bonds is 5. The molecule has 0 aromatic carbocycles. The Morgan fingerprint density at radius 2 is 2.19 bits per heavy atom. The highest BCUT2D eigenvalue weighted by Crippen LogP contribution is 2.21. The predicted octanol–water partition coefficient (Wildman–Crippen LogP) is 1.34. The molecular weight excluding hydrogens is 288 g/mol. The minimum absolute atomic E-state index is 0.166. The van der Waals surface area contributed by atoms with E-state index in [0.29, 0.717) is 18.6 Å². The Bertz CT molecular complexity index is 752. The first kappa shape index (κ1) is 14.5. The van der Waals surface area contributed by atoms with Gasteiger partial charge in [-0.3, -0.25) is 0 Å². The average molecular weight is 308 g/mol. The Balaban J connectivity index is 2.01. The highest BCUT2D eigenvalue weighted by Gasteiger charge is 2.23. The summed E-state index contributed by atoms with van der Waals surface area (Å²) in [6.45, 7) is 3.68. The summed E-state index contributed by atoms with van der Waals surface area (Å²) in [5.74, 6) is 0.166. The fourth-order valence-corrected chi connectivity index (χ4v) is 4.12. The van der Waals surface area contributed by atoms with Gasteiger partial charge < -0.3 is 5.32 Å². The van der Waals surface area contributed by atoms with Crippen LogP contribution < -0.4 is 5.32 Å². The fraction of sp³-hybridized carbons (Fsp3) is 0.571. The van der Waals surface area contributed by atoms with E-state index in [4.69, 9.17) is 0 Å². The lowest BCUT2D eigenvalue weighted by Gasteiger charge is -2.17. The van der Waals surface area contributed by atoms with Crippen molar-refractivity contribution >= 4 is 15.5 Å². The zero-order valence-electron chi connectivity index (χ0n) is 12.2. The molecule has 1 N–H and O–H groups in total. The molecule has 2 aromatic heterocycles. The van der Waals surface area contributed by atoms with Crippen LogP contribution in [0, 0.1) is 0 Å². The molecule has 7 heteroatoms. The van der Waals surface area contributed by atoms with Crippen molar-refractivity contribution in [2.45, 2.75) is 44.0 Å².